The Hall–Kier alpha value is -2.27. The number of aryl methyl sites for hydroxylation is 1. The van der Waals surface area contributed by atoms with Crippen molar-refractivity contribution < 1.29 is 9.18 Å². The molecule has 0 spiro atoms. The summed E-state index contributed by atoms with van der Waals surface area (Å²) >= 11 is 4.99. The summed E-state index contributed by atoms with van der Waals surface area (Å²) in [4.78, 5) is 11.8. The Kier molecular flexibility index (Phi) is 5.40. The van der Waals surface area contributed by atoms with E-state index in [-0.39, 0.29) is 16.7 Å². The summed E-state index contributed by atoms with van der Waals surface area (Å²) in [5.74, 6) is -0.619. The van der Waals surface area contributed by atoms with Crippen LogP contribution < -0.4 is 10.6 Å². The van der Waals surface area contributed by atoms with Gasteiger partial charge in [-0.3, -0.25) is 4.79 Å². The number of carbonyl (C=O) groups is 1. The maximum atomic E-state index is 13.4. The number of hydrogen-bond donors (Lipinski definition) is 2. The molecule has 0 saturated heterocycles. The van der Waals surface area contributed by atoms with Gasteiger partial charge in [0.15, 0.2) is 5.11 Å². The number of rotatable bonds is 4. The summed E-state index contributed by atoms with van der Waals surface area (Å²) in [7, 11) is 0. The summed E-state index contributed by atoms with van der Waals surface area (Å²) in [5, 5.41) is 5.30. The molecule has 0 aromatic heterocycles. The lowest BCUT2D eigenvalue weighted by Crippen LogP contribution is -2.34. The number of anilines is 1. The van der Waals surface area contributed by atoms with Gasteiger partial charge in [-0.15, -0.1) is 0 Å². The van der Waals surface area contributed by atoms with E-state index in [1.165, 1.54) is 6.07 Å². The fourth-order valence-electron chi connectivity index (χ4n) is 1.81. The summed E-state index contributed by atoms with van der Waals surface area (Å²) in [6.07, 6.45) is 0.956. The third-order valence-corrected chi connectivity index (χ3v) is 3.06. The molecule has 3 nitrogen and oxygen atoms in total. The molecule has 0 saturated carbocycles. The second-order valence-electron chi connectivity index (χ2n) is 4.47. The number of halogens is 1. The average Bonchev–Trinajstić information content (AvgIpc) is 2.48. The van der Waals surface area contributed by atoms with Crippen LogP contribution in [0.2, 0.25) is 0 Å². The van der Waals surface area contributed by atoms with Gasteiger partial charge in [0.25, 0.3) is 0 Å². The van der Waals surface area contributed by atoms with Crippen molar-refractivity contribution in [1.82, 2.24) is 5.32 Å². The van der Waals surface area contributed by atoms with Crippen LogP contribution in [0.25, 0.3) is 0 Å². The van der Waals surface area contributed by atoms with E-state index in [4.69, 9.17) is 12.2 Å². The smallest absolute Gasteiger partial charge is 0.226 e. The Labute approximate surface area is 128 Å². The first-order chi connectivity index (χ1) is 10.1. The molecule has 0 fully saturated rings. The highest BCUT2D eigenvalue weighted by atomic mass is 32.1. The van der Waals surface area contributed by atoms with Crippen molar-refractivity contribution in [2.24, 2.45) is 0 Å². The number of benzene rings is 2. The highest BCUT2D eigenvalue weighted by Gasteiger charge is 2.07. The van der Waals surface area contributed by atoms with Crippen LogP contribution in [0.1, 0.15) is 12.0 Å². The van der Waals surface area contributed by atoms with Gasteiger partial charge in [-0.2, -0.15) is 0 Å². The topological polar surface area (TPSA) is 41.1 Å². The minimum absolute atomic E-state index is 0.0955. The molecule has 21 heavy (non-hydrogen) atoms. The van der Waals surface area contributed by atoms with Crippen LogP contribution in [-0.4, -0.2) is 11.0 Å². The zero-order chi connectivity index (χ0) is 15.1. The lowest BCUT2D eigenvalue weighted by atomic mass is 10.1. The van der Waals surface area contributed by atoms with Gasteiger partial charge in [0.2, 0.25) is 5.91 Å². The Bertz CT molecular complexity index is 631. The van der Waals surface area contributed by atoms with Crippen LogP contribution in [0.3, 0.4) is 0 Å². The first-order valence-corrected chi connectivity index (χ1v) is 6.95. The van der Waals surface area contributed by atoms with E-state index < -0.39 is 5.82 Å². The van der Waals surface area contributed by atoms with Crippen LogP contribution in [0.4, 0.5) is 10.1 Å². The average molecular weight is 302 g/mol. The van der Waals surface area contributed by atoms with Gasteiger partial charge in [0, 0.05) is 6.42 Å². The van der Waals surface area contributed by atoms with Gasteiger partial charge in [-0.1, -0.05) is 42.5 Å². The lowest BCUT2D eigenvalue weighted by Gasteiger charge is -2.10. The largest absolute Gasteiger partial charge is 0.330 e. The molecule has 0 aliphatic carbocycles. The fraction of sp³-hybridized carbons (Fsp3) is 0.125. The molecule has 5 heteroatoms. The number of carbonyl (C=O) groups excluding carboxylic acids is 1. The predicted molar refractivity (Wildman–Crippen MR) is 85.5 cm³/mol. The predicted octanol–water partition coefficient (Wildman–Crippen LogP) is 3.27. The molecule has 0 bridgehead atoms. The second kappa shape index (κ2) is 7.50. The lowest BCUT2D eigenvalue weighted by molar-refractivity contribution is -0.119. The van der Waals surface area contributed by atoms with Crippen molar-refractivity contribution in [3.63, 3.8) is 0 Å². The summed E-state index contributed by atoms with van der Waals surface area (Å²) in [6, 6.07) is 15.9. The van der Waals surface area contributed by atoms with Crippen molar-refractivity contribution >= 4 is 28.9 Å². The third-order valence-electron chi connectivity index (χ3n) is 2.86. The highest BCUT2D eigenvalue weighted by Crippen LogP contribution is 2.12. The molecule has 0 atom stereocenters. The van der Waals surface area contributed by atoms with Gasteiger partial charge in [0.05, 0.1) is 5.69 Å². The molecule has 2 aromatic rings. The summed E-state index contributed by atoms with van der Waals surface area (Å²) < 4.78 is 13.4. The third kappa shape index (κ3) is 4.96. The van der Waals surface area contributed by atoms with Crippen molar-refractivity contribution in [1.29, 1.82) is 0 Å². The highest BCUT2D eigenvalue weighted by molar-refractivity contribution is 7.80. The van der Waals surface area contributed by atoms with Crippen molar-refractivity contribution in [3.05, 3.63) is 66.0 Å². The van der Waals surface area contributed by atoms with Crippen molar-refractivity contribution in [3.8, 4) is 0 Å². The van der Waals surface area contributed by atoms with Crippen LogP contribution in [0, 0.1) is 5.82 Å². The molecule has 0 unspecified atom stereocenters. The molecule has 108 valence electrons. The van der Waals surface area contributed by atoms with E-state index in [2.05, 4.69) is 10.6 Å². The number of amides is 1. The van der Waals surface area contributed by atoms with Crippen molar-refractivity contribution in [2.75, 3.05) is 5.32 Å². The molecule has 2 N–H and O–H groups in total. The molecule has 0 heterocycles. The SMILES string of the molecule is O=C(CCc1ccccc1)NC(=S)Nc1ccccc1F. The molecule has 2 aromatic carbocycles. The number of para-hydroxylation sites is 1. The van der Waals surface area contributed by atoms with E-state index in [0.717, 1.165) is 5.56 Å². The Morgan fingerprint density at radius 3 is 2.43 bits per heavy atom. The van der Waals surface area contributed by atoms with Gasteiger partial charge >= 0.3 is 0 Å². The van der Waals surface area contributed by atoms with Crippen LogP contribution >= 0.6 is 12.2 Å². The van der Waals surface area contributed by atoms with E-state index in [1.54, 1.807) is 18.2 Å². The molecule has 0 radical (unpaired) electrons. The van der Waals surface area contributed by atoms with Gasteiger partial charge in [-0.05, 0) is 36.3 Å². The Balaban J connectivity index is 1.80. The Morgan fingerprint density at radius 2 is 1.71 bits per heavy atom. The monoisotopic (exact) mass is 302 g/mol. The maximum Gasteiger partial charge on any atom is 0.226 e. The summed E-state index contributed by atoms with van der Waals surface area (Å²) in [6.45, 7) is 0. The van der Waals surface area contributed by atoms with Gasteiger partial charge in [-0.25, -0.2) is 4.39 Å². The van der Waals surface area contributed by atoms with E-state index in [1.807, 2.05) is 30.3 Å². The quantitative estimate of drug-likeness (QED) is 0.852. The molecule has 1 amide bonds. The van der Waals surface area contributed by atoms with Crippen LogP contribution in [0.5, 0.6) is 0 Å². The number of hydrogen-bond acceptors (Lipinski definition) is 2. The molecule has 0 aliphatic rings. The molecular weight excluding hydrogens is 287 g/mol. The van der Waals surface area contributed by atoms with Crippen molar-refractivity contribution in [2.45, 2.75) is 12.8 Å². The van der Waals surface area contributed by atoms with E-state index >= 15 is 0 Å². The summed E-state index contributed by atoms with van der Waals surface area (Å²) in [5.41, 5.74) is 1.33. The van der Waals surface area contributed by atoms with Crippen LogP contribution in [0.15, 0.2) is 54.6 Å². The minimum atomic E-state index is -0.418. The Morgan fingerprint density at radius 1 is 1.05 bits per heavy atom. The second-order valence-corrected chi connectivity index (χ2v) is 4.88. The normalized spacial score (nSPS) is 9.95. The fourth-order valence-corrected chi connectivity index (χ4v) is 2.03. The van der Waals surface area contributed by atoms with E-state index in [9.17, 15) is 9.18 Å². The number of nitrogens with one attached hydrogen (secondary N) is 2. The van der Waals surface area contributed by atoms with Gasteiger partial charge in [0.1, 0.15) is 5.82 Å². The first kappa shape index (κ1) is 15.1. The van der Waals surface area contributed by atoms with Crippen LogP contribution in [-0.2, 0) is 11.2 Å². The zero-order valence-electron chi connectivity index (χ0n) is 11.3. The van der Waals surface area contributed by atoms with Gasteiger partial charge < -0.3 is 10.6 Å². The maximum absolute atomic E-state index is 13.4. The van der Waals surface area contributed by atoms with E-state index in [0.29, 0.717) is 12.8 Å². The minimum Gasteiger partial charge on any atom is -0.330 e. The number of thiocarbonyl (C=S) groups is 1. The zero-order valence-corrected chi connectivity index (χ0v) is 12.1. The standard InChI is InChI=1S/C16H15FN2OS/c17-13-8-4-5-9-14(13)18-16(21)19-15(20)11-10-12-6-2-1-3-7-12/h1-9H,10-11H2,(H2,18,19,20,21). The first-order valence-electron chi connectivity index (χ1n) is 6.54. The molecule has 0 aliphatic heterocycles. The molecule has 2 rings (SSSR count). The molecular formula is C16H15FN2OS.